The summed E-state index contributed by atoms with van der Waals surface area (Å²) in [6, 6.07) is 1.87. The van der Waals surface area contributed by atoms with E-state index in [1.807, 2.05) is 20.8 Å². The molecule has 1 rings (SSSR count). The van der Waals surface area contributed by atoms with Gasteiger partial charge in [0, 0.05) is 25.8 Å². The van der Waals surface area contributed by atoms with Gasteiger partial charge in [-0.3, -0.25) is 4.79 Å². The summed E-state index contributed by atoms with van der Waals surface area (Å²) in [5, 5.41) is 3.22. The third kappa shape index (κ3) is 3.75. The van der Waals surface area contributed by atoms with Crippen LogP contribution < -0.4 is 10.9 Å². The lowest BCUT2D eigenvalue weighted by Gasteiger charge is -2.11. The Balaban J connectivity index is 2.85. The fourth-order valence-corrected chi connectivity index (χ4v) is 1.23. The van der Waals surface area contributed by atoms with Gasteiger partial charge >= 0.3 is 0 Å². The molecule has 0 saturated carbocycles. The predicted molar refractivity (Wildman–Crippen MR) is 62.3 cm³/mol. The molecule has 1 atom stereocenters. The molecule has 2 N–H and O–H groups in total. The Kier molecular flexibility index (Phi) is 4.64. The van der Waals surface area contributed by atoms with Gasteiger partial charge in [0.2, 0.25) is 0 Å². The number of nitrogens with one attached hydrogen (secondary N) is 2. The summed E-state index contributed by atoms with van der Waals surface area (Å²) in [6.45, 7) is 6.53. The largest absolute Gasteiger partial charge is 0.374 e. The SMILES string of the molecule is COC(C)c1nc(CNC(C)C)cc(=O)[nH]1. The molecule has 90 valence electrons. The fourth-order valence-electron chi connectivity index (χ4n) is 1.23. The van der Waals surface area contributed by atoms with Crippen molar-refractivity contribution in [1.82, 2.24) is 15.3 Å². The van der Waals surface area contributed by atoms with Crippen molar-refractivity contribution >= 4 is 0 Å². The van der Waals surface area contributed by atoms with E-state index in [2.05, 4.69) is 15.3 Å². The van der Waals surface area contributed by atoms with Crippen molar-refractivity contribution in [2.24, 2.45) is 0 Å². The number of hydrogen-bond donors (Lipinski definition) is 2. The molecule has 0 aromatic carbocycles. The highest BCUT2D eigenvalue weighted by molar-refractivity contribution is 5.04. The Morgan fingerprint density at radius 1 is 1.50 bits per heavy atom. The highest BCUT2D eigenvalue weighted by Gasteiger charge is 2.08. The Morgan fingerprint density at radius 3 is 2.75 bits per heavy atom. The van der Waals surface area contributed by atoms with Crippen LogP contribution in [0.3, 0.4) is 0 Å². The first-order valence-corrected chi connectivity index (χ1v) is 5.39. The molecule has 0 bridgehead atoms. The molecule has 5 nitrogen and oxygen atoms in total. The molecule has 0 aliphatic heterocycles. The van der Waals surface area contributed by atoms with Crippen LogP contribution in [-0.4, -0.2) is 23.1 Å². The minimum Gasteiger partial charge on any atom is -0.374 e. The van der Waals surface area contributed by atoms with Gasteiger partial charge < -0.3 is 15.0 Å². The lowest BCUT2D eigenvalue weighted by Crippen LogP contribution is -2.25. The van der Waals surface area contributed by atoms with Crippen molar-refractivity contribution in [3.8, 4) is 0 Å². The molecule has 0 fully saturated rings. The van der Waals surface area contributed by atoms with Crippen LogP contribution in [0.25, 0.3) is 0 Å². The molecule has 0 aliphatic rings. The van der Waals surface area contributed by atoms with E-state index in [1.54, 1.807) is 7.11 Å². The summed E-state index contributed by atoms with van der Waals surface area (Å²) in [5.74, 6) is 0.565. The highest BCUT2D eigenvalue weighted by atomic mass is 16.5. The van der Waals surface area contributed by atoms with E-state index in [0.717, 1.165) is 5.69 Å². The van der Waals surface area contributed by atoms with Gasteiger partial charge in [-0.15, -0.1) is 0 Å². The molecular weight excluding hydrogens is 206 g/mol. The minimum absolute atomic E-state index is 0.144. The summed E-state index contributed by atoms with van der Waals surface area (Å²) in [6.07, 6.45) is -0.202. The van der Waals surface area contributed by atoms with Gasteiger partial charge in [-0.2, -0.15) is 0 Å². The smallest absolute Gasteiger partial charge is 0.251 e. The summed E-state index contributed by atoms with van der Waals surface area (Å²) < 4.78 is 5.12. The van der Waals surface area contributed by atoms with Crippen LogP contribution in [0.1, 0.15) is 38.4 Å². The number of hydrogen-bond acceptors (Lipinski definition) is 4. The van der Waals surface area contributed by atoms with Gasteiger partial charge in [0.25, 0.3) is 5.56 Å². The third-order valence-corrected chi connectivity index (χ3v) is 2.24. The van der Waals surface area contributed by atoms with Gasteiger partial charge in [-0.05, 0) is 6.92 Å². The molecule has 1 aromatic rings. The number of aromatic amines is 1. The van der Waals surface area contributed by atoms with Crippen LogP contribution in [0.15, 0.2) is 10.9 Å². The number of H-pyrrole nitrogens is 1. The Bertz CT molecular complexity index is 387. The molecular formula is C11H19N3O2. The molecule has 0 aliphatic carbocycles. The average molecular weight is 225 g/mol. The van der Waals surface area contributed by atoms with Gasteiger partial charge in [0.05, 0.1) is 5.69 Å². The van der Waals surface area contributed by atoms with Crippen molar-refractivity contribution in [3.05, 3.63) is 27.9 Å². The fraction of sp³-hybridized carbons (Fsp3) is 0.636. The summed E-state index contributed by atoms with van der Waals surface area (Å²) in [5.41, 5.74) is 0.589. The maximum atomic E-state index is 11.4. The van der Waals surface area contributed by atoms with Crippen molar-refractivity contribution in [3.63, 3.8) is 0 Å². The van der Waals surface area contributed by atoms with Crippen molar-refractivity contribution in [2.45, 2.75) is 39.5 Å². The van der Waals surface area contributed by atoms with E-state index in [0.29, 0.717) is 18.4 Å². The molecule has 0 radical (unpaired) electrons. The van der Waals surface area contributed by atoms with Crippen LogP contribution in [0, 0.1) is 0 Å². The molecule has 1 aromatic heterocycles. The average Bonchev–Trinajstić information content (AvgIpc) is 2.24. The minimum atomic E-state index is -0.202. The number of methoxy groups -OCH3 is 1. The van der Waals surface area contributed by atoms with E-state index in [9.17, 15) is 4.79 Å². The summed E-state index contributed by atoms with van der Waals surface area (Å²) >= 11 is 0. The Hall–Kier alpha value is -1.20. The van der Waals surface area contributed by atoms with E-state index in [-0.39, 0.29) is 11.7 Å². The van der Waals surface area contributed by atoms with Crippen molar-refractivity contribution in [1.29, 1.82) is 0 Å². The lowest BCUT2D eigenvalue weighted by atomic mass is 10.3. The number of rotatable bonds is 5. The maximum Gasteiger partial charge on any atom is 0.251 e. The summed E-state index contributed by atoms with van der Waals surface area (Å²) in [4.78, 5) is 18.4. The first kappa shape index (κ1) is 12.9. The van der Waals surface area contributed by atoms with Gasteiger partial charge in [-0.25, -0.2) is 4.98 Å². The second-order valence-electron chi connectivity index (χ2n) is 4.04. The van der Waals surface area contributed by atoms with Gasteiger partial charge in [0.1, 0.15) is 11.9 Å². The van der Waals surface area contributed by atoms with E-state index >= 15 is 0 Å². The number of ether oxygens (including phenoxy) is 1. The van der Waals surface area contributed by atoms with Crippen molar-refractivity contribution in [2.75, 3.05) is 7.11 Å². The molecule has 1 heterocycles. The molecule has 16 heavy (non-hydrogen) atoms. The Morgan fingerprint density at radius 2 is 2.19 bits per heavy atom. The predicted octanol–water partition coefficient (Wildman–Crippen LogP) is 0.975. The second kappa shape index (κ2) is 5.77. The molecule has 5 heteroatoms. The molecule has 0 spiro atoms. The zero-order chi connectivity index (χ0) is 12.1. The van der Waals surface area contributed by atoms with Crippen LogP contribution in [-0.2, 0) is 11.3 Å². The monoisotopic (exact) mass is 225 g/mol. The number of aromatic nitrogens is 2. The van der Waals surface area contributed by atoms with E-state index in [1.165, 1.54) is 6.07 Å². The molecule has 1 unspecified atom stereocenters. The van der Waals surface area contributed by atoms with Crippen molar-refractivity contribution < 1.29 is 4.74 Å². The Labute approximate surface area is 95.3 Å². The maximum absolute atomic E-state index is 11.4. The quantitative estimate of drug-likeness (QED) is 0.783. The third-order valence-electron chi connectivity index (χ3n) is 2.24. The molecule has 0 amide bonds. The topological polar surface area (TPSA) is 67.0 Å². The zero-order valence-corrected chi connectivity index (χ0v) is 10.2. The normalized spacial score (nSPS) is 13.1. The summed E-state index contributed by atoms with van der Waals surface area (Å²) in [7, 11) is 1.59. The van der Waals surface area contributed by atoms with Crippen LogP contribution in [0.2, 0.25) is 0 Å². The zero-order valence-electron chi connectivity index (χ0n) is 10.2. The van der Waals surface area contributed by atoms with E-state index in [4.69, 9.17) is 4.74 Å². The second-order valence-corrected chi connectivity index (χ2v) is 4.04. The van der Waals surface area contributed by atoms with E-state index < -0.39 is 0 Å². The van der Waals surface area contributed by atoms with Gasteiger partial charge in [0.15, 0.2) is 0 Å². The van der Waals surface area contributed by atoms with Crippen LogP contribution in [0.4, 0.5) is 0 Å². The first-order valence-electron chi connectivity index (χ1n) is 5.39. The lowest BCUT2D eigenvalue weighted by molar-refractivity contribution is 0.111. The van der Waals surface area contributed by atoms with Crippen LogP contribution >= 0.6 is 0 Å². The number of nitrogens with zero attached hydrogens (tertiary/aromatic N) is 1. The first-order chi connectivity index (χ1) is 7.52. The highest BCUT2D eigenvalue weighted by Crippen LogP contribution is 2.08. The van der Waals surface area contributed by atoms with Gasteiger partial charge in [-0.1, -0.05) is 13.8 Å². The standard InChI is InChI=1S/C11H19N3O2/c1-7(2)12-6-9-5-10(15)14-11(13-9)8(3)16-4/h5,7-8,12H,6H2,1-4H3,(H,13,14,15). The van der Waals surface area contributed by atoms with Crippen LogP contribution in [0.5, 0.6) is 0 Å². The molecule has 0 saturated heterocycles.